The van der Waals surface area contributed by atoms with Gasteiger partial charge in [0, 0.05) is 5.75 Å². The van der Waals surface area contributed by atoms with Gasteiger partial charge in [0.25, 0.3) is 0 Å². The zero-order valence-corrected chi connectivity index (χ0v) is 7.82. The molecule has 0 spiro atoms. The molecule has 64 valence electrons. The second-order valence-corrected chi connectivity index (χ2v) is 2.59. The highest BCUT2D eigenvalue weighted by molar-refractivity contribution is 7.81. The summed E-state index contributed by atoms with van der Waals surface area (Å²) in [6.07, 6.45) is 0. The molecule has 0 aliphatic carbocycles. The molecule has 0 aromatic heterocycles. The minimum Gasteiger partial charge on any atom is -0.486 e. The zero-order chi connectivity index (χ0) is 8.85. The van der Waals surface area contributed by atoms with E-state index >= 15 is 0 Å². The van der Waals surface area contributed by atoms with Crippen molar-refractivity contribution < 1.29 is 14.6 Å². The second kappa shape index (κ2) is 5.37. The van der Waals surface area contributed by atoms with Crippen LogP contribution in [0.3, 0.4) is 0 Å². The molecule has 1 N–H and O–H groups in total. The fourth-order valence-electron chi connectivity index (χ4n) is 0.496. The van der Waals surface area contributed by atoms with Crippen LogP contribution in [0.15, 0.2) is 0 Å². The van der Waals surface area contributed by atoms with Gasteiger partial charge in [-0.15, -0.1) is 0 Å². The van der Waals surface area contributed by atoms with Gasteiger partial charge in [0.05, 0.1) is 6.61 Å². The first-order chi connectivity index (χ1) is 5.13. The topological polar surface area (TPSA) is 46.5 Å². The number of carboxylic acids is 1. The molecule has 1 unspecified atom stereocenters. The van der Waals surface area contributed by atoms with E-state index in [2.05, 4.69) is 12.6 Å². The molecule has 0 aliphatic rings. The quantitative estimate of drug-likeness (QED) is 0.517. The van der Waals surface area contributed by atoms with Crippen LogP contribution < -0.4 is 0 Å². The maximum Gasteiger partial charge on any atom is 0.315 e. The number of hydrogen-bond acceptors (Lipinski definition) is 4. The van der Waals surface area contributed by atoms with E-state index in [1.54, 1.807) is 6.92 Å². The number of ether oxygens (including phenoxy) is 1. The molecule has 11 heavy (non-hydrogen) atoms. The summed E-state index contributed by atoms with van der Waals surface area (Å²) in [5.74, 6) is -1.58. The molecular weight excluding hydrogens is 184 g/mol. The van der Waals surface area contributed by atoms with Crippen molar-refractivity contribution >= 4 is 35.9 Å². The van der Waals surface area contributed by atoms with E-state index in [1.807, 2.05) is 0 Å². The van der Waals surface area contributed by atoms with Crippen molar-refractivity contribution in [3.05, 3.63) is 0 Å². The first-order valence-corrected chi connectivity index (χ1v) is 4.17. The molecule has 0 bridgehead atoms. The first-order valence-electron chi connectivity index (χ1n) is 3.13. The van der Waals surface area contributed by atoms with Crippen molar-refractivity contribution in [3.63, 3.8) is 0 Å². The van der Waals surface area contributed by atoms with Gasteiger partial charge >= 0.3 is 5.97 Å². The minimum atomic E-state index is -0.988. The Morgan fingerprint density at radius 2 is 2.36 bits per heavy atom. The van der Waals surface area contributed by atoms with Crippen LogP contribution >= 0.6 is 24.8 Å². The fraction of sp³-hybridized carbons (Fsp3) is 0.667. The van der Waals surface area contributed by atoms with Gasteiger partial charge in [-0.25, -0.2) is 0 Å². The van der Waals surface area contributed by atoms with Gasteiger partial charge < -0.3 is 9.84 Å². The van der Waals surface area contributed by atoms with Gasteiger partial charge in [-0.1, -0.05) is 0 Å². The lowest BCUT2D eigenvalue weighted by Crippen LogP contribution is -2.25. The van der Waals surface area contributed by atoms with E-state index in [9.17, 15) is 4.79 Å². The molecule has 0 rings (SSSR count). The molecule has 1 atom stereocenters. The molecule has 0 amide bonds. The monoisotopic (exact) mass is 194 g/mol. The predicted octanol–water partition coefficient (Wildman–Crippen LogP) is 0.981. The summed E-state index contributed by atoms with van der Waals surface area (Å²) in [6.45, 7) is 2.15. The molecule has 0 saturated heterocycles. The molecule has 0 aliphatic heterocycles. The largest absolute Gasteiger partial charge is 0.486 e. The second-order valence-electron chi connectivity index (χ2n) is 1.83. The van der Waals surface area contributed by atoms with Crippen LogP contribution in [0.25, 0.3) is 0 Å². The van der Waals surface area contributed by atoms with E-state index in [0.717, 1.165) is 0 Å². The third-order valence-corrected chi connectivity index (χ3v) is 1.82. The molecule has 0 aromatic carbocycles. The number of carboxylic acid groups (broad SMARTS) is 1. The molecular formula is C6H10O3S2. The Kier molecular flexibility index (Phi) is 5.23. The molecule has 0 saturated carbocycles. The third kappa shape index (κ3) is 3.57. The Morgan fingerprint density at radius 3 is 2.64 bits per heavy atom. The van der Waals surface area contributed by atoms with E-state index in [1.165, 1.54) is 0 Å². The Bertz CT molecular complexity index is 158. The standard InChI is InChI=1S/C6H10O3S2/c1-2-9-6(11)4(3-10)5(7)8/h4,10H,2-3H2,1H3,(H,7,8). The smallest absolute Gasteiger partial charge is 0.315 e. The summed E-state index contributed by atoms with van der Waals surface area (Å²) in [4.78, 5) is 10.4. The van der Waals surface area contributed by atoms with Gasteiger partial charge in [0.1, 0.15) is 5.92 Å². The summed E-state index contributed by atoms with van der Waals surface area (Å²) in [5, 5.41) is 8.66. The van der Waals surface area contributed by atoms with Gasteiger partial charge in [-0.05, 0) is 19.1 Å². The Labute approximate surface area is 76.1 Å². The number of hydrogen-bond donors (Lipinski definition) is 2. The maximum absolute atomic E-state index is 10.4. The summed E-state index contributed by atoms with van der Waals surface area (Å²) >= 11 is 8.54. The Balaban J connectivity index is 4.03. The van der Waals surface area contributed by atoms with E-state index in [4.69, 9.17) is 22.1 Å². The van der Waals surface area contributed by atoms with E-state index in [-0.39, 0.29) is 10.8 Å². The van der Waals surface area contributed by atoms with Crippen LogP contribution in [-0.4, -0.2) is 28.5 Å². The van der Waals surface area contributed by atoms with Crippen molar-refractivity contribution in [2.24, 2.45) is 5.92 Å². The highest BCUT2D eigenvalue weighted by atomic mass is 32.1. The summed E-state index contributed by atoms with van der Waals surface area (Å²) in [7, 11) is 0. The van der Waals surface area contributed by atoms with E-state index < -0.39 is 11.9 Å². The van der Waals surface area contributed by atoms with Crippen LogP contribution in [0.5, 0.6) is 0 Å². The van der Waals surface area contributed by atoms with Crippen molar-refractivity contribution in [1.82, 2.24) is 0 Å². The molecule has 0 heterocycles. The molecule has 0 radical (unpaired) electrons. The Hall–Kier alpha value is -0.290. The maximum atomic E-state index is 10.4. The number of carbonyl (C=O) groups is 1. The van der Waals surface area contributed by atoms with E-state index in [0.29, 0.717) is 6.61 Å². The van der Waals surface area contributed by atoms with Gasteiger partial charge in [0.2, 0.25) is 0 Å². The van der Waals surface area contributed by atoms with Crippen LogP contribution in [0.2, 0.25) is 0 Å². The van der Waals surface area contributed by atoms with Crippen LogP contribution in [0.4, 0.5) is 0 Å². The van der Waals surface area contributed by atoms with Gasteiger partial charge in [-0.2, -0.15) is 12.6 Å². The normalized spacial score (nSPS) is 12.2. The van der Waals surface area contributed by atoms with Crippen LogP contribution in [-0.2, 0) is 9.53 Å². The van der Waals surface area contributed by atoms with Crippen LogP contribution in [0, 0.1) is 5.92 Å². The SMILES string of the molecule is CCOC(=S)C(CS)C(=O)O. The van der Waals surface area contributed by atoms with Crippen molar-refractivity contribution in [1.29, 1.82) is 0 Å². The zero-order valence-electron chi connectivity index (χ0n) is 6.11. The first kappa shape index (κ1) is 10.7. The third-order valence-electron chi connectivity index (χ3n) is 1.05. The molecule has 3 nitrogen and oxygen atoms in total. The molecule has 0 fully saturated rings. The lowest BCUT2D eigenvalue weighted by atomic mass is 10.2. The average molecular weight is 194 g/mol. The predicted molar refractivity (Wildman–Crippen MR) is 49.2 cm³/mol. The van der Waals surface area contributed by atoms with Crippen molar-refractivity contribution in [2.45, 2.75) is 6.92 Å². The number of rotatable bonds is 4. The lowest BCUT2D eigenvalue weighted by molar-refractivity contribution is -0.139. The summed E-state index contributed by atoms with van der Waals surface area (Å²) in [5.41, 5.74) is 0. The summed E-state index contributed by atoms with van der Waals surface area (Å²) in [6, 6.07) is 0. The van der Waals surface area contributed by atoms with Crippen LogP contribution in [0.1, 0.15) is 6.92 Å². The summed E-state index contributed by atoms with van der Waals surface area (Å²) < 4.78 is 4.86. The number of thiocarbonyl (C=S) groups is 1. The number of aliphatic carboxylic acids is 1. The highest BCUT2D eigenvalue weighted by Crippen LogP contribution is 2.04. The van der Waals surface area contributed by atoms with Gasteiger partial charge in [0.15, 0.2) is 5.05 Å². The average Bonchev–Trinajstić information content (AvgIpc) is 1.88. The molecule has 5 heteroatoms. The number of thiol groups is 1. The molecule has 0 aromatic rings. The van der Waals surface area contributed by atoms with Crippen molar-refractivity contribution in [3.8, 4) is 0 Å². The van der Waals surface area contributed by atoms with Gasteiger partial charge in [-0.3, -0.25) is 4.79 Å². The fourth-order valence-corrected chi connectivity index (χ4v) is 1.24. The lowest BCUT2D eigenvalue weighted by Gasteiger charge is -2.10. The minimum absolute atomic E-state index is 0.106. The highest BCUT2D eigenvalue weighted by Gasteiger charge is 2.21. The van der Waals surface area contributed by atoms with Crippen molar-refractivity contribution in [2.75, 3.05) is 12.4 Å². The Morgan fingerprint density at radius 1 is 1.82 bits per heavy atom.